The summed E-state index contributed by atoms with van der Waals surface area (Å²) in [5.41, 5.74) is 34.8. The van der Waals surface area contributed by atoms with Crippen molar-refractivity contribution in [2.24, 2.45) is 55.5 Å². The van der Waals surface area contributed by atoms with Crippen LogP contribution in [0.2, 0.25) is 0 Å². The number of hydrogen-bond donors (Lipinski definition) is 6. The summed E-state index contributed by atoms with van der Waals surface area (Å²) in [6, 6.07) is 41.9. The molecule has 0 atom stereocenters. The molecular formula is C98H113F14N25O7. The molecular weight excluding hydrogens is 1910 g/mol. The molecule has 0 spiro atoms. The van der Waals surface area contributed by atoms with Crippen LogP contribution in [0, 0.1) is 0 Å². The van der Waals surface area contributed by atoms with Crippen LogP contribution >= 0.6 is 0 Å². The highest BCUT2D eigenvalue weighted by molar-refractivity contribution is 5.62. The van der Waals surface area contributed by atoms with E-state index in [4.69, 9.17) is 72.5 Å². The Balaban J connectivity index is 0.000000154. The third-order valence-electron chi connectivity index (χ3n) is 22.7. The van der Waals surface area contributed by atoms with Crippen LogP contribution < -0.4 is 67.7 Å². The SMILES string of the molecule is CCn1nc(-c2ccc(OC/C(=C/F)CN)cc2)nc1N1CCOCC1.CCn1nc(C2(F)CC2)nc1-c1ccc(OC/C(=C/F)CN)cc1.Cn1nc(-c2ccc(OC/C(=C/F)CN)cc2)nc1C(F)F.Cn1nc(-c2ccc(OC/C(=C/F)CN)cc2)nc1C1(F)CC1.Cn1nc(C2(F)CC2)nc1-c1ccc(OC/C(=C/F)CN)cc1.NC/C(=C\F)COc1ccc(-c2nc(C3CC3)n(CC(F)(F)F)n2)cc1. The fourth-order valence-corrected chi connectivity index (χ4v) is 13.5. The number of anilines is 1. The number of aromatic nitrogens is 18. The highest BCUT2D eigenvalue weighted by atomic mass is 19.4. The topological polar surface area (TPSA) is 408 Å². The van der Waals surface area contributed by atoms with Gasteiger partial charge in [-0.1, -0.05) is 0 Å². The summed E-state index contributed by atoms with van der Waals surface area (Å²) in [6.45, 7) is 8.35. The molecule has 4 aliphatic carbocycles. The van der Waals surface area contributed by atoms with Crippen LogP contribution in [0.1, 0.15) is 107 Å². The molecule has 12 N–H and O–H groups in total. The third kappa shape index (κ3) is 30.3. The molecule has 7 heterocycles. The second-order valence-electron chi connectivity index (χ2n) is 33.7. The average Bonchev–Trinajstić information content (AvgIpc) is 1.61. The molecule has 0 bridgehead atoms. The second-order valence-corrected chi connectivity index (χ2v) is 33.7. The molecule has 4 saturated carbocycles. The first-order valence-corrected chi connectivity index (χ1v) is 46.0. The van der Waals surface area contributed by atoms with Crippen LogP contribution in [0.25, 0.3) is 68.3 Å². The van der Waals surface area contributed by atoms with E-state index in [1.807, 2.05) is 67.1 Å². The van der Waals surface area contributed by atoms with Crippen LogP contribution in [0.15, 0.2) is 217 Å². The summed E-state index contributed by atoms with van der Waals surface area (Å²) < 4.78 is 227. The zero-order valence-corrected chi connectivity index (χ0v) is 79.7. The molecule has 0 radical (unpaired) electrons. The number of morpholine rings is 1. The van der Waals surface area contributed by atoms with Crippen molar-refractivity contribution < 1.29 is 94.6 Å². The minimum Gasteiger partial charge on any atom is -0.489 e. The minimum atomic E-state index is -4.35. The molecule has 5 aliphatic rings. The maximum atomic E-state index is 14.2. The van der Waals surface area contributed by atoms with Crippen LogP contribution in [-0.4, -0.2) is 200 Å². The van der Waals surface area contributed by atoms with Crippen molar-refractivity contribution in [3.63, 3.8) is 0 Å². The number of aryl methyl sites for hydroxylation is 5. The second kappa shape index (κ2) is 51.2. The van der Waals surface area contributed by atoms with E-state index in [9.17, 15) is 61.5 Å². The molecule has 46 heteroatoms. The van der Waals surface area contributed by atoms with Crippen molar-refractivity contribution in [1.29, 1.82) is 0 Å². The predicted molar refractivity (Wildman–Crippen MR) is 512 cm³/mol. The van der Waals surface area contributed by atoms with Crippen molar-refractivity contribution in [3.05, 3.63) is 246 Å². The van der Waals surface area contributed by atoms with Crippen LogP contribution in [0.5, 0.6) is 34.5 Å². The van der Waals surface area contributed by atoms with Gasteiger partial charge in [-0.25, -0.2) is 101 Å². The molecule has 770 valence electrons. The van der Waals surface area contributed by atoms with Gasteiger partial charge in [0.05, 0.1) is 51.2 Å². The molecule has 5 fully saturated rings. The number of rotatable bonds is 39. The first kappa shape index (κ1) is 109. The van der Waals surface area contributed by atoms with Crippen molar-refractivity contribution in [2.75, 3.05) is 110 Å². The molecule has 0 amide bonds. The Morgan fingerprint density at radius 2 is 0.701 bits per heavy atom. The smallest absolute Gasteiger partial charge is 0.408 e. The number of nitrogens with zero attached hydrogens (tertiary/aromatic N) is 19. The molecule has 0 unspecified atom stereocenters. The van der Waals surface area contributed by atoms with E-state index in [1.54, 1.807) is 121 Å². The molecule has 12 aromatic rings. The largest absolute Gasteiger partial charge is 0.489 e. The number of benzene rings is 6. The van der Waals surface area contributed by atoms with E-state index >= 15 is 0 Å². The van der Waals surface area contributed by atoms with E-state index in [0.717, 1.165) is 70.0 Å². The van der Waals surface area contributed by atoms with Gasteiger partial charge in [0.25, 0.3) is 6.43 Å². The van der Waals surface area contributed by atoms with Gasteiger partial charge in [0.15, 0.2) is 75.3 Å². The van der Waals surface area contributed by atoms with Gasteiger partial charge in [0.1, 0.15) is 86.5 Å². The van der Waals surface area contributed by atoms with Gasteiger partial charge in [-0.2, -0.15) is 43.6 Å². The molecule has 17 rings (SSSR count). The predicted octanol–water partition coefficient (Wildman–Crippen LogP) is 16.6. The number of nitrogens with two attached hydrogens (primary N) is 6. The Hall–Kier alpha value is -14.1. The van der Waals surface area contributed by atoms with Crippen molar-refractivity contribution in [1.82, 2.24) is 88.6 Å². The Labute approximate surface area is 820 Å². The van der Waals surface area contributed by atoms with Crippen molar-refractivity contribution in [3.8, 4) is 103 Å². The lowest BCUT2D eigenvalue weighted by molar-refractivity contribution is -0.143. The highest BCUT2D eigenvalue weighted by Gasteiger charge is 2.51. The van der Waals surface area contributed by atoms with Crippen LogP contribution in [0.4, 0.5) is 67.4 Å². The van der Waals surface area contributed by atoms with E-state index in [2.05, 4.69) is 60.4 Å². The van der Waals surface area contributed by atoms with Crippen LogP contribution in [-0.2, 0) is 62.5 Å². The lowest BCUT2D eigenvalue weighted by Crippen LogP contribution is -2.38. The van der Waals surface area contributed by atoms with Gasteiger partial charge < -0.3 is 72.5 Å². The van der Waals surface area contributed by atoms with Crippen molar-refractivity contribution in [2.45, 2.75) is 120 Å². The third-order valence-corrected chi connectivity index (χ3v) is 22.7. The number of hydrogen-bond acceptors (Lipinski definition) is 26. The number of halogens is 14. The monoisotopic (exact) mass is 2020 g/mol. The zero-order valence-electron chi connectivity index (χ0n) is 79.7. The summed E-state index contributed by atoms with van der Waals surface area (Å²) in [5.74, 6) is 8.00. The number of alkyl halides is 8. The maximum Gasteiger partial charge on any atom is 0.408 e. The molecule has 144 heavy (non-hydrogen) atoms. The fraction of sp³-hybridized carbons (Fsp3) is 0.388. The Morgan fingerprint density at radius 1 is 0.382 bits per heavy atom. The molecule has 1 aliphatic heterocycles. The van der Waals surface area contributed by atoms with Gasteiger partial charge in [-0.05, 0) is 211 Å². The highest BCUT2D eigenvalue weighted by Crippen LogP contribution is 2.51. The fourth-order valence-electron chi connectivity index (χ4n) is 13.5. The number of ether oxygens (including phenoxy) is 7. The summed E-state index contributed by atoms with van der Waals surface area (Å²) in [6.07, 6.45) is 0.236. The van der Waals surface area contributed by atoms with Gasteiger partial charge in [-0.15, -0.1) is 5.10 Å². The summed E-state index contributed by atoms with van der Waals surface area (Å²) in [4.78, 5) is 28.0. The standard InChI is InChI=1S/C18H24FN5O2.C17H18F4N4O.C17H20F2N4O.2C16H18F2N4O.C14H15F3N4O/c1-2-24-18(23-7-9-25-10-8-23)21-17(22-24)15-3-5-16(6-4-15)26-13-14(11-19)12-20;18-7-11(8-22)9-26-14-5-3-12(4-6-14)15-23-16(13-1-2-13)25(24-15)10-17(19,20)21;1-2-23-15(21-16(22-23)17(19)7-8-17)13-3-5-14(6-4-13)24-11-12(9-18)10-20;1-22-14(20-15(21-22)16(18)6-7-16)12-2-4-13(5-3-12)23-10-11(8-17)9-19;1-22-15(16(18)6-7-16)20-14(21-22)12-2-4-13(5-3-12)23-10-11(8-17)9-19;1-21-14(12(16)17)19-13(20-21)10-2-4-11(5-3-10)22-8-9(6-15)7-18/h3-6,11H,2,7-10,12-13,20H2,1H3;3-7,13H,1-2,8-10,22H2;3-6,9H,2,7-8,10-11,20H2,1H3;2*2-5,8H,6-7,9-10,19H2,1H3;2-6,12H,7-8,18H2,1H3/b14-11+;11-7+;12-9+;2*11-8+;9-6+. The Morgan fingerprint density at radius 3 is 1.03 bits per heavy atom. The first-order chi connectivity index (χ1) is 69.4. The van der Waals surface area contributed by atoms with Crippen molar-refractivity contribution >= 4 is 5.95 Å². The van der Waals surface area contributed by atoms with Gasteiger partial charge >= 0.3 is 6.18 Å². The van der Waals surface area contributed by atoms with Crippen LogP contribution in [0.3, 0.4) is 0 Å². The lowest BCUT2D eigenvalue weighted by atomic mass is 10.2. The summed E-state index contributed by atoms with van der Waals surface area (Å²) in [5, 5.41) is 25.3. The normalized spacial score (nSPS) is 15.3. The van der Waals surface area contributed by atoms with Gasteiger partial charge in [0.2, 0.25) is 5.95 Å². The van der Waals surface area contributed by atoms with E-state index in [0.29, 0.717) is 210 Å². The summed E-state index contributed by atoms with van der Waals surface area (Å²) >= 11 is 0. The van der Waals surface area contributed by atoms with E-state index in [-0.39, 0.29) is 108 Å². The average molecular weight is 2020 g/mol. The van der Waals surface area contributed by atoms with Gasteiger partial charge in [0, 0.05) is 159 Å². The Bertz CT molecular complexity index is 6300. The van der Waals surface area contributed by atoms with E-state index < -0.39 is 42.0 Å². The maximum absolute atomic E-state index is 14.2. The molecule has 32 nitrogen and oxygen atoms in total. The summed E-state index contributed by atoms with van der Waals surface area (Å²) in [7, 11) is 4.84. The van der Waals surface area contributed by atoms with E-state index in [1.165, 1.54) is 11.7 Å². The Kier molecular flexibility index (Phi) is 38.7. The molecule has 6 aromatic carbocycles. The molecule has 1 saturated heterocycles. The lowest BCUT2D eigenvalue weighted by Gasteiger charge is -2.27. The van der Waals surface area contributed by atoms with Gasteiger partial charge in [-0.3, -0.25) is 0 Å². The quantitative estimate of drug-likeness (QED) is 0.0195. The minimum absolute atomic E-state index is 0.0244. The first-order valence-electron chi connectivity index (χ1n) is 46.0. The zero-order chi connectivity index (χ0) is 103. The molecule has 6 aromatic heterocycles.